The Morgan fingerprint density at radius 2 is 1.60 bits per heavy atom. The molecule has 0 radical (unpaired) electrons. The lowest BCUT2D eigenvalue weighted by molar-refractivity contribution is -0.122. The third-order valence-electron chi connectivity index (χ3n) is 4.96. The van der Waals surface area contributed by atoms with E-state index >= 15 is 0 Å². The number of hydrogen-bond acceptors (Lipinski definition) is 5. The second-order valence-electron chi connectivity index (χ2n) is 7.01. The average Bonchev–Trinajstić information content (AvgIpc) is 3.40. The summed E-state index contributed by atoms with van der Waals surface area (Å²) in [5, 5.41) is 5.68. The van der Waals surface area contributed by atoms with Crippen LogP contribution in [0.25, 0.3) is 0 Å². The molecule has 0 aromatic heterocycles. The summed E-state index contributed by atoms with van der Waals surface area (Å²) in [7, 11) is 0. The number of nitrogens with one attached hydrogen (secondary N) is 2. The summed E-state index contributed by atoms with van der Waals surface area (Å²) in [5.74, 6) is 1.38. The Morgan fingerprint density at radius 1 is 0.800 bits per heavy atom. The van der Waals surface area contributed by atoms with Crippen molar-refractivity contribution in [1.29, 1.82) is 0 Å². The highest BCUT2D eigenvalue weighted by Gasteiger charge is 2.28. The monoisotopic (exact) mass is 402 g/mol. The third-order valence-corrected chi connectivity index (χ3v) is 4.96. The lowest BCUT2D eigenvalue weighted by Crippen LogP contribution is -2.31. The molecule has 3 aromatic rings. The largest absolute Gasteiger partial charge is 0.480 e. The number of amides is 2. The zero-order valence-corrected chi connectivity index (χ0v) is 15.9. The predicted molar refractivity (Wildman–Crippen MR) is 110 cm³/mol. The Bertz CT molecular complexity index is 1120. The topological polar surface area (TPSA) is 85.9 Å². The van der Waals surface area contributed by atoms with Crippen LogP contribution in [0.1, 0.15) is 15.9 Å². The lowest BCUT2D eigenvalue weighted by Gasteiger charge is -2.13. The van der Waals surface area contributed by atoms with E-state index < -0.39 is 6.10 Å². The molecule has 5 rings (SSSR count). The second kappa shape index (κ2) is 7.44. The van der Waals surface area contributed by atoms with E-state index in [9.17, 15) is 9.59 Å². The zero-order chi connectivity index (χ0) is 20.5. The number of para-hydroxylation sites is 1. The van der Waals surface area contributed by atoms with Gasteiger partial charge in [-0.25, -0.2) is 0 Å². The van der Waals surface area contributed by atoms with E-state index in [0.717, 1.165) is 11.3 Å². The first-order chi connectivity index (χ1) is 14.7. The summed E-state index contributed by atoms with van der Waals surface area (Å²) in [6, 6.07) is 19.6. The van der Waals surface area contributed by atoms with Gasteiger partial charge in [0.05, 0.1) is 0 Å². The molecule has 0 bridgehead atoms. The molecule has 0 saturated heterocycles. The summed E-state index contributed by atoms with van der Waals surface area (Å²) >= 11 is 0. The van der Waals surface area contributed by atoms with Crippen LogP contribution in [0.3, 0.4) is 0 Å². The van der Waals surface area contributed by atoms with Crippen molar-refractivity contribution in [3.8, 4) is 17.2 Å². The molecule has 0 fully saturated rings. The highest BCUT2D eigenvalue weighted by molar-refractivity contribution is 6.05. The fourth-order valence-corrected chi connectivity index (χ4v) is 3.47. The van der Waals surface area contributed by atoms with Gasteiger partial charge >= 0.3 is 0 Å². The van der Waals surface area contributed by atoms with Crippen LogP contribution in [0.4, 0.5) is 11.4 Å². The SMILES string of the molecule is O=C(Nc1cccc(NC(=O)[C@@H]2Cc3ccccc3O2)c1)c1ccc2c(c1)OCO2. The van der Waals surface area contributed by atoms with Gasteiger partial charge in [0, 0.05) is 23.4 Å². The zero-order valence-electron chi connectivity index (χ0n) is 15.9. The maximum atomic E-state index is 12.6. The molecule has 7 nitrogen and oxygen atoms in total. The van der Waals surface area contributed by atoms with Gasteiger partial charge in [0.15, 0.2) is 17.6 Å². The number of carbonyl (C=O) groups excluding carboxylic acids is 2. The van der Waals surface area contributed by atoms with Crippen molar-refractivity contribution in [2.45, 2.75) is 12.5 Å². The van der Waals surface area contributed by atoms with Crippen LogP contribution in [0.15, 0.2) is 66.7 Å². The molecule has 0 spiro atoms. The molecule has 7 heteroatoms. The van der Waals surface area contributed by atoms with Gasteiger partial charge in [0.2, 0.25) is 6.79 Å². The molecule has 2 amide bonds. The fourth-order valence-electron chi connectivity index (χ4n) is 3.47. The van der Waals surface area contributed by atoms with E-state index in [4.69, 9.17) is 14.2 Å². The van der Waals surface area contributed by atoms with E-state index in [2.05, 4.69) is 10.6 Å². The molecule has 2 heterocycles. The van der Waals surface area contributed by atoms with Gasteiger partial charge in [-0.2, -0.15) is 0 Å². The minimum absolute atomic E-state index is 0.151. The first-order valence-electron chi connectivity index (χ1n) is 9.52. The van der Waals surface area contributed by atoms with Gasteiger partial charge in [-0.15, -0.1) is 0 Å². The Hall–Kier alpha value is -4.00. The van der Waals surface area contributed by atoms with Gasteiger partial charge in [-0.1, -0.05) is 24.3 Å². The maximum Gasteiger partial charge on any atom is 0.265 e. The van der Waals surface area contributed by atoms with E-state index in [1.807, 2.05) is 24.3 Å². The number of rotatable bonds is 4. The summed E-state index contributed by atoms with van der Waals surface area (Å²) in [6.45, 7) is 0.151. The minimum Gasteiger partial charge on any atom is -0.480 e. The van der Waals surface area contributed by atoms with Crippen molar-refractivity contribution >= 4 is 23.2 Å². The van der Waals surface area contributed by atoms with Crippen molar-refractivity contribution in [2.75, 3.05) is 17.4 Å². The molecule has 1 atom stereocenters. The minimum atomic E-state index is -0.575. The molecular formula is C23H18N2O5. The summed E-state index contributed by atoms with van der Waals surface area (Å²) < 4.78 is 16.3. The molecule has 0 saturated carbocycles. The molecule has 0 unspecified atom stereocenters. The van der Waals surface area contributed by atoms with Crippen LogP contribution in [0.2, 0.25) is 0 Å². The second-order valence-corrected chi connectivity index (χ2v) is 7.01. The normalized spacial score (nSPS) is 15.8. The summed E-state index contributed by atoms with van der Waals surface area (Å²) in [4.78, 5) is 25.2. The number of fused-ring (bicyclic) bond motifs is 2. The average molecular weight is 402 g/mol. The number of carbonyl (C=O) groups is 2. The van der Waals surface area contributed by atoms with Crippen LogP contribution in [-0.2, 0) is 11.2 Å². The van der Waals surface area contributed by atoms with Crippen LogP contribution in [-0.4, -0.2) is 24.7 Å². The number of ether oxygens (including phenoxy) is 3. The predicted octanol–water partition coefficient (Wildman–Crippen LogP) is 3.61. The standard InChI is InChI=1S/C23H18N2O5/c26-22(15-8-9-19-20(11-15)29-13-28-19)24-16-5-3-6-17(12-16)25-23(27)21-10-14-4-1-2-7-18(14)30-21/h1-9,11-12,21H,10,13H2,(H,24,26)(H,25,27)/t21-/m0/s1. The fraction of sp³-hybridized carbons (Fsp3) is 0.130. The van der Waals surface area contributed by atoms with Gasteiger partial charge in [0.25, 0.3) is 11.8 Å². The Kier molecular flexibility index (Phi) is 4.48. The van der Waals surface area contributed by atoms with Gasteiger partial charge in [-0.3, -0.25) is 9.59 Å². The van der Waals surface area contributed by atoms with E-state index in [1.54, 1.807) is 42.5 Å². The number of benzene rings is 3. The highest BCUT2D eigenvalue weighted by atomic mass is 16.7. The van der Waals surface area contributed by atoms with Crippen molar-refractivity contribution in [3.63, 3.8) is 0 Å². The van der Waals surface area contributed by atoms with Crippen LogP contribution in [0, 0.1) is 0 Å². The molecule has 2 N–H and O–H groups in total. The van der Waals surface area contributed by atoms with Crippen LogP contribution in [0.5, 0.6) is 17.2 Å². The van der Waals surface area contributed by atoms with Crippen molar-refractivity contribution in [3.05, 3.63) is 77.9 Å². The van der Waals surface area contributed by atoms with Gasteiger partial charge < -0.3 is 24.8 Å². The smallest absolute Gasteiger partial charge is 0.265 e. The van der Waals surface area contributed by atoms with Crippen LogP contribution >= 0.6 is 0 Å². The summed E-state index contributed by atoms with van der Waals surface area (Å²) in [5.41, 5.74) is 2.60. The quantitative estimate of drug-likeness (QED) is 0.696. The Morgan fingerprint density at radius 3 is 2.47 bits per heavy atom. The number of anilines is 2. The highest BCUT2D eigenvalue weighted by Crippen LogP contribution is 2.33. The van der Waals surface area contributed by atoms with Crippen molar-refractivity contribution < 1.29 is 23.8 Å². The van der Waals surface area contributed by atoms with Crippen LogP contribution < -0.4 is 24.8 Å². The molecule has 2 aliphatic heterocycles. The van der Waals surface area contributed by atoms with E-state index in [0.29, 0.717) is 34.9 Å². The molecule has 150 valence electrons. The van der Waals surface area contributed by atoms with Gasteiger partial charge in [-0.05, 0) is 48.0 Å². The van der Waals surface area contributed by atoms with E-state index in [1.165, 1.54) is 0 Å². The maximum absolute atomic E-state index is 12.6. The van der Waals surface area contributed by atoms with Gasteiger partial charge in [0.1, 0.15) is 5.75 Å². The molecular weight excluding hydrogens is 384 g/mol. The number of hydrogen-bond donors (Lipinski definition) is 2. The molecule has 3 aromatic carbocycles. The van der Waals surface area contributed by atoms with Crippen molar-refractivity contribution in [2.24, 2.45) is 0 Å². The molecule has 2 aliphatic rings. The Labute approximate surface area is 172 Å². The lowest BCUT2D eigenvalue weighted by atomic mass is 10.1. The van der Waals surface area contributed by atoms with E-state index in [-0.39, 0.29) is 18.6 Å². The molecule has 0 aliphatic carbocycles. The first kappa shape index (κ1) is 18.1. The van der Waals surface area contributed by atoms with Crippen molar-refractivity contribution in [1.82, 2.24) is 0 Å². The molecule has 30 heavy (non-hydrogen) atoms. The summed E-state index contributed by atoms with van der Waals surface area (Å²) in [6.07, 6.45) is -0.0444. The third kappa shape index (κ3) is 3.53. The Balaban J connectivity index is 1.24. The first-order valence-corrected chi connectivity index (χ1v) is 9.52.